The minimum atomic E-state index is -0.110. The third-order valence-corrected chi connectivity index (χ3v) is 6.21. The molecule has 1 saturated heterocycles. The molecule has 2 aromatic rings. The number of benzene rings is 1. The van der Waals surface area contributed by atoms with Crippen LogP contribution >= 0.6 is 0 Å². The molecule has 1 aliphatic heterocycles. The lowest BCUT2D eigenvalue weighted by Crippen LogP contribution is -2.51. The van der Waals surface area contributed by atoms with E-state index in [1.807, 2.05) is 23.1 Å². The molecule has 0 radical (unpaired) electrons. The molecule has 1 amide bonds. The first-order valence-corrected chi connectivity index (χ1v) is 10.3. The Morgan fingerprint density at radius 2 is 1.75 bits per heavy atom. The maximum atomic E-state index is 13.5. The topological polar surface area (TPSA) is 58.4 Å². The van der Waals surface area contributed by atoms with Gasteiger partial charge in [0.15, 0.2) is 0 Å². The van der Waals surface area contributed by atoms with Crippen LogP contribution in [0.3, 0.4) is 0 Å². The van der Waals surface area contributed by atoms with Gasteiger partial charge in [-0.2, -0.15) is 5.10 Å². The Labute approximate surface area is 165 Å². The monoisotopic (exact) mass is 380 g/mol. The minimum Gasteiger partial charge on any atom is -0.367 e. The van der Waals surface area contributed by atoms with E-state index in [-0.39, 0.29) is 17.4 Å². The summed E-state index contributed by atoms with van der Waals surface area (Å²) in [7, 11) is 1.65. The molecule has 28 heavy (non-hydrogen) atoms. The number of piperazine rings is 1. The van der Waals surface area contributed by atoms with Crippen LogP contribution in [0.25, 0.3) is 0 Å². The van der Waals surface area contributed by atoms with Crippen LogP contribution in [-0.4, -0.2) is 46.8 Å². The molecule has 1 aromatic carbocycles. The van der Waals surface area contributed by atoms with Gasteiger partial charge in [-0.3, -0.25) is 9.59 Å². The molecule has 1 aromatic heterocycles. The number of carbonyl (C=O) groups is 1. The summed E-state index contributed by atoms with van der Waals surface area (Å²) in [6.07, 6.45) is 6.47. The standard InChI is InChI=1S/C22H28N4O2/c1-24-20(27)15-19(16-23-24)25-11-13-26(14-12-25)22(28)21(18-9-5-6-10-18)17-7-3-2-4-8-17/h2-4,7-8,15-16,18,21H,5-6,9-14H2,1H3/t21-/m0/s1. The zero-order valence-electron chi connectivity index (χ0n) is 16.5. The van der Waals surface area contributed by atoms with E-state index in [4.69, 9.17) is 0 Å². The second-order valence-corrected chi connectivity index (χ2v) is 7.92. The zero-order chi connectivity index (χ0) is 19.5. The van der Waals surface area contributed by atoms with Gasteiger partial charge in [0, 0.05) is 39.3 Å². The van der Waals surface area contributed by atoms with Gasteiger partial charge in [-0.1, -0.05) is 43.2 Å². The number of aromatic nitrogens is 2. The molecule has 4 rings (SSSR count). The van der Waals surface area contributed by atoms with Crippen LogP contribution < -0.4 is 10.5 Å². The Bertz CT molecular complexity index is 866. The van der Waals surface area contributed by atoms with Crippen molar-refractivity contribution < 1.29 is 4.79 Å². The molecule has 2 aliphatic rings. The summed E-state index contributed by atoms with van der Waals surface area (Å²) in [5, 5.41) is 4.11. The summed E-state index contributed by atoms with van der Waals surface area (Å²) in [6.45, 7) is 2.83. The van der Waals surface area contributed by atoms with Gasteiger partial charge >= 0.3 is 0 Å². The number of hydrogen-bond donors (Lipinski definition) is 0. The van der Waals surface area contributed by atoms with Gasteiger partial charge in [-0.05, 0) is 24.3 Å². The number of carbonyl (C=O) groups excluding carboxylic acids is 1. The van der Waals surface area contributed by atoms with E-state index in [2.05, 4.69) is 22.1 Å². The van der Waals surface area contributed by atoms with Crippen molar-refractivity contribution in [3.8, 4) is 0 Å². The zero-order valence-corrected chi connectivity index (χ0v) is 16.5. The van der Waals surface area contributed by atoms with Crippen molar-refractivity contribution in [2.24, 2.45) is 13.0 Å². The predicted octanol–water partition coefficient (Wildman–Crippen LogP) is 2.40. The van der Waals surface area contributed by atoms with Crippen molar-refractivity contribution in [1.82, 2.24) is 14.7 Å². The molecule has 2 heterocycles. The molecular formula is C22H28N4O2. The quantitative estimate of drug-likeness (QED) is 0.817. The van der Waals surface area contributed by atoms with E-state index in [9.17, 15) is 9.59 Å². The fourth-order valence-corrected chi connectivity index (χ4v) is 4.58. The van der Waals surface area contributed by atoms with E-state index >= 15 is 0 Å². The highest BCUT2D eigenvalue weighted by Gasteiger charge is 2.35. The van der Waals surface area contributed by atoms with E-state index < -0.39 is 0 Å². The SMILES string of the molecule is Cn1ncc(N2CCN(C(=O)[C@@H](c3ccccc3)C3CCCC3)CC2)cc1=O. The number of hydrogen-bond acceptors (Lipinski definition) is 4. The molecule has 1 saturated carbocycles. The van der Waals surface area contributed by atoms with Crippen molar-refractivity contribution in [1.29, 1.82) is 0 Å². The minimum absolute atomic E-state index is 0.0269. The first kappa shape index (κ1) is 18.7. The second-order valence-electron chi connectivity index (χ2n) is 7.92. The smallest absolute Gasteiger partial charge is 0.268 e. The number of aryl methyl sites for hydroxylation is 1. The molecule has 0 bridgehead atoms. The molecule has 0 unspecified atom stereocenters. The summed E-state index contributed by atoms with van der Waals surface area (Å²) in [5.74, 6) is 0.690. The lowest BCUT2D eigenvalue weighted by atomic mass is 9.83. The average Bonchev–Trinajstić information content (AvgIpc) is 3.25. The Morgan fingerprint density at radius 3 is 2.39 bits per heavy atom. The highest BCUT2D eigenvalue weighted by molar-refractivity contribution is 5.84. The first-order valence-electron chi connectivity index (χ1n) is 10.3. The molecule has 1 aliphatic carbocycles. The molecule has 148 valence electrons. The largest absolute Gasteiger partial charge is 0.367 e. The van der Waals surface area contributed by atoms with Gasteiger partial charge in [0.1, 0.15) is 0 Å². The number of anilines is 1. The molecule has 0 N–H and O–H groups in total. The lowest BCUT2D eigenvalue weighted by Gasteiger charge is -2.38. The van der Waals surface area contributed by atoms with Gasteiger partial charge < -0.3 is 9.80 Å². The van der Waals surface area contributed by atoms with Crippen LogP contribution in [0.15, 0.2) is 47.4 Å². The van der Waals surface area contributed by atoms with Crippen molar-refractivity contribution in [3.05, 3.63) is 58.5 Å². The third-order valence-electron chi connectivity index (χ3n) is 6.21. The van der Waals surface area contributed by atoms with E-state index in [0.29, 0.717) is 19.0 Å². The lowest BCUT2D eigenvalue weighted by molar-refractivity contribution is -0.134. The van der Waals surface area contributed by atoms with E-state index in [1.54, 1.807) is 19.3 Å². The highest BCUT2D eigenvalue weighted by atomic mass is 16.2. The van der Waals surface area contributed by atoms with Crippen LogP contribution in [0.1, 0.15) is 37.2 Å². The summed E-state index contributed by atoms with van der Waals surface area (Å²) in [6, 6.07) is 11.9. The first-order chi connectivity index (χ1) is 13.6. The van der Waals surface area contributed by atoms with Gasteiger partial charge in [0.25, 0.3) is 5.56 Å². The molecule has 6 nitrogen and oxygen atoms in total. The highest BCUT2D eigenvalue weighted by Crippen LogP contribution is 2.38. The number of nitrogens with zero attached hydrogens (tertiary/aromatic N) is 4. The third kappa shape index (κ3) is 3.81. The molecule has 0 spiro atoms. The second kappa shape index (κ2) is 8.17. The van der Waals surface area contributed by atoms with Crippen LogP contribution in [0, 0.1) is 5.92 Å². The maximum Gasteiger partial charge on any atom is 0.268 e. The van der Waals surface area contributed by atoms with Crippen LogP contribution in [-0.2, 0) is 11.8 Å². The summed E-state index contributed by atoms with van der Waals surface area (Å²) in [5.41, 5.74) is 1.88. The number of rotatable bonds is 4. The van der Waals surface area contributed by atoms with Crippen LogP contribution in [0.4, 0.5) is 5.69 Å². The van der Waals surface area contributed by atoms with E-state index in [0.717, 1.165) is 37.2 Å². The van der Waals surface area contributed by atoms with Crippen molar-refractivity contribution >= 4 is 11.6 Å². The van der Waals surface area contributed by atoms with Gasteiger partial charge in [0.05, 0.1) is 17.8 Å². The van der Waals surface area contributed by atoms with Crippen LogP contribution in [0.5, 0.6) is 0 Å². The Balaban J connectivity index is 1.47. The van der Waals surface area contributed by atoms with Gasteiger partial charge in [0.2, 0.25) is 5.91 Å². The van der Waals surface area contributed by atoms with Crippen molar-refractivity contribution in [2.75, 3.05) is 31.1 Å². The van der Waals surface area contributed by atoms with Crippen molar-refractivity contribution in [2.45, 2.75) is 31.6 Å². The summed E-state index contributed by atoms with van der Waals surface area (Å²) < 4.78 is 1.33. The normalized spacial score (nSPS) is 19.0. The predicted molar refractivity (Wildman–Crippen MR) is 109 cm³/mol. The van der Waals surface area contributed by atoms with Crippen molar-refractivity contribution in [3.63, 3.8) is 0 Å². The van der Waals surface area contributed by atoms with Crippen LogP contribution in [0.2, 0.25) is 0 Å². The Morgan fingerprint density at radius 1 is 1.07 bits per heavy atom. The molecule has 6 heteroatoms. The molecule has 2 fully saturated rings. The fourth-order valence-electron chi connectivity index (χ4n) is 4.58. The Kier molecular flexibility index (Phi) is 5.46. The Hall–Kier alpha value is -2.63. The summed E-state index contributed by atoms with van der Waals surface area (Å²) >= 11 is 0. The van der Waals surface area contributed by atoms with Gasteiger partial charge in [-0.15, -0.1) is 0 Å². The maximum absolute atomic E-state index is 13.5. The van der Waals surface area contributed by atoms with E-state index in [1.165, 1.54) is 17.5 Å². The number of amides is 1. The molecular weight excluding hydrogens is 352 g/mol. The van der Waals surface area contributed by atoms with Gasteiger partial charge in [-0.25, -0.2) is 4.68 Å². The molecule has 1 atom stereocenters. The fraction of sp³-hybridized carbons (Fsp3) is 0.500. The summed E-state index contributed by atoms with van der Waals surface area (Å²) in [4.78, 5) is 29.5. The average molecular weight is 380 g/mol.